The predicted molar refractivity (Wildman–Crippen MR) is 141 cm³/mol. The third-order valence-electron chi connectivity index (χ3n) is 6.14. The van der Waals surface area contributed by atoms with Gasteiger partial charge in [0, 0.05) is 41.3 Å². The van der Waals surface area contributed by atoms with Gasteiger partial charge in [0.15, 0.2) is 0 Å². The van der Waals surface area contributed by atoms with Crippen molar-refractivity contribution in [1.82, 2.24) is 14.5 Å². The Morgan fingerprint density at radius 2 is 1.69 bits per heavy atom. The van der Waals surface area contributed by atoms with E-state index in [0.29, 0.717) is 28.6 Å². The van der Waals surface area contributed by atoms with Crippen molar-refractivity contribution in [3.05, 3.63) is 70.1 Å². The van der Waals surface area contributed by atoms with Gasteiger partial charge in [-0.15, -0.1) is 0 Å². The molecule has 0 aliphatic heterocycles. The van der Waals surface area contributed by atoms with Gasteiger partial charge in [0.2, 0.25) is 0 Å². The minimum atomic E-state index is -1.07. The molecule has 8 heteroatoms. The summed E-state index contributed by atoms with van der Waals surface area (Å²) in [6, 6.07) is 14.5. The quantitative estimate of drug-likeness (QED) is 0.455. The topological polar surface area (TPSA) is 92.1 Å². The van der Waals surface area contributed by atoms with Gasteiger partial charge < -0.3 is 9.67 Å². The molecule has 1 aromatic heterocycles. The summed E-state index contributed by atoms with van der Waals surface area (Å²) in [4.78, 5) is 45.4. The maximum absolute atomic E-state index is 13.8. The number of carbonyl (C=O) groups excluding carboxylic acids is 1. The molecule has 0 saturated carbocycles. The molecule has 192 valence electrons. The van der Waals surface area contributed by atoms with Crippen molar-refractivity contribution < 1.29 is 19.5 Å². The Morgan fingerprint density at radius 3 is 2.22 bits per heavy atom. The fourth-order valence-electron chi connectivity index (χ4n) is 4.28. The lowest BCUT2D eigenvalue weighted by Gasteiger charge is -2.35. The van der Waals surface area contributed by atoms with Gasteiger partial charge in [-0.05, 0) is 55.8 Å². The largest absolute Gasteiger partial charge is 0.465 e. The fourth-order valence-corrected chi connectivity index (χ4v) is 4.28. The van der Waals surface area contributed by atoms with Crippen molar-refractivity contribution in [3.8, 4) is 11.1 Å². The van der Waals surface area contributed by atoms with Gasteiger partial charge in [0.05, 0.1) is 13.7 Å². The van der Waals surface area contributed by atoms with E-state index in [4.69, 9.17) is 4.84 Å². The van der Waals surface area contributed by atoms with Crippen molar-refractivity contribution in [2.75, 3.05) is 14.2 Å². The maximum atomic E-state index is 13.8. The highest BCUT2D eigenvalue weighted by molar-refractivity contribution is 6.03. The number of hydrogen-bond donors (Lipinski definition) is 1. The third-order valence-corrected chi connectivity index (χ3v) is 6.14. The first-order valence-electron chi connectivity index (χ1n) is 11.9. The molecule has 1 heterocycles. The van der Waals surface area contributed by atoms with Crippen LogP contribution in [0.1, 0.15) is 50.7 Å². The number of hydrogen-bond acceptors (Lipinski definition) is 4. The predicted octanol–water partition coefficient (Wildman–Crippen LogP) is 5.24. The van der Waals surface area contributed by atoms with Crippen LogP contribution in [0.25, 0.3) is 21.9 Å². The van der Waals surface area contributed by atoms with Gasteiger partial charge in [-0.1, -0.05) is 44.2 Å². The van der Waals surface area contributed by atoms with Crippen LogP contribution in [-0.4, -0.2) is 51.3 Å². The molecule has 2 aromatic carbocycles. The van der Waals surface area contributed by atoms with Crippen LogP contribution in [0.15, 0.2) is 53.3 Å². The average molecular weight is 494 g/mol. The standard InChI is InChI=1S/C28H35N3O5/c1-18(2)16-30-23(17-31(27(34)35)28(3,4)5)24(19-11-9-8-10-12-19)22-15-20(25(32)29(6)36-7)13-14-21(22)26(30)33/h8-15,18H,16-17H2,1-7H3,(H,34,35). The number of benzene rings is 2. The molecular weight excluding hydrogens is 458 g/mol. The van der Waals surface area contributed by atoms with E-state index >= 15 is 0 Å². The Labute approximate surface area is 211 Å². The number of rotatable bonds is 7. The second kappa shape index (κ2) is 10.5. The van der Waals surface area contributed by atoms with Gasteiger partial charge >= 0.3 is 6.09 Å². The van der Waals surface area contributed by atoms with Crippen LogP contribution in [0, 0.1) is 5.92 Å². The maximum Gasteiger partial charge on any atom is 0.408 e. The van der Waals surface area contributed by atoms with E-state index in [2.05, 4.69) is 0 Å². The summed E-state index contributed by atoms with van der Waals surface area (Å²) >= 11 is 0. The third kappa shape index (κ3) is 5.44. The van der Waals surface area contributed by atoms with E-state index in [9.17, 15) is 19.5 Å². The van der Waals surface area contributed by atoms with Gasteiger partial charge in [0.25, 0.3) is 11.5 Å². The van der Waals surface area contributed by atoms with Crippen LogP contribution in [0.5, 0.6) is 0 Å². The molecule has 3 aromatic rings. The van der Waals surface area contributed by atoms with Crippen molar-refractivity contribution >= 4 is 22.8 Å². The van der Waals surface area contributed by atoms with E-state index in [0.717, 1.165) is 16.2 Å². The summed E-state index contributed by atoms with van der Waals surface area (Å²) in [5, 5.41) is 12.2. The molecule has 0 bridgehead atoms. The summed E-state index contributed by atoms with van der Waals surface area (Å²) in [5.74, 6) is -0.209. The molecule has 8 nitrogen and oxygen atoms in total. The van der Waals surface area contributed by atoms with E-state index in [-0.39, 0.29) is 23.9 Å². The average Bonchev–Trinajstić information content (AvgIpc) is 2.82. The molecule has 0 unspecified atom stereocenters. The summed E-state index contributed by atoms with van der Waals surface area (Å²) in [6.45, 7) is 9.95. The molecule has 36 heavy (non-hydrogen) atoms. The Kier molecular flexibility index (Phi) is 7.89. The minimum absolute atomic E-state index is 0.0110. The van der Waals surface area contributed by atoms with E-state index < -0.39 is 11.6 Å². The highest BCUT2D eigenvalue weighted by Gasteiger charge is 2.30. The Bertz CT molecular complexity index is 1320. The van der Waals surface area contributed by atoms with Gasteiger partial charge in [-0.25, -0.2) is 9.86 Å². The zero-order valence-electron chi connectivity index (χ0n) is 22.0. The lowest BCUT2D eigenvalue weighted by atomic mass is 9.94. The number of carboxylic acid groups (broad SMARTS) is 1. The molecule has 0 aliphatic rings. The summed E-state index contributed by atoms with van der Waals surface area (Å²) in [5.41, 5.74) is 1.60. The van der Waals surface area contributed by atoms with Crippen molar-refractivity contribution in [3.63, 3.8) is 0 Å². The lowest BCUT2D eigenvalue weighted by Crippen LogP contribution is -2.45. The Hall–Kier alpha value is -3.65. The molecule has 0 spiro atoms. The second-order valence-corrected chi connectivity index (χ2v) is 10.3. The van der Waals surface area contributed by atoms with Crippen LogP contribution >= 0.6 is 0 Å². The van der Waals surface area contributed by atoms with Crippen LogP contribution in [0.4, 0.5) is 4.79 Å². The number of amides is 2. The van der Waals surface area contributed by atoms with Gasteiger partial charge in [0.1, 0.15) is 0 Å². The molecule has 3 rings (SSSR count). The molecule has 1 N–H and O–H groups in total. The first-order chi connectivity index (χ1) is 16.9. The van der Waals surface area contributed by atoms with Gasteiger partial charge in [-0.2, -0.15) is 0 Å². The lowest BCUT2D eigenvalue weighted by molar-refractivity contribution is -0.0756. The normalized spacial score (nSPS) is 11.7. The number of nitrogens with zero attached hydrogens (tertiary/aromatic N) is 3. The summed E-state index contributed by atoms with van der Waals surface area (Å²) in [7, 11) is 2.93. The number of hydroxylamine groups is 2. The molecule has 2 amide bonds. The minimum Gasteiger partial charge on any atom is -0.465 e. The van der Waals surface area contributed by atoms with Crippen LogP contribution in [-0.2, 0) is 17.9 Å². The zero-order valence-corrected chi connectivity index (χ0v) is 22.0. The van der Waals surface area contributed by atoms with Crippen LogP contribution < -0.4 is 5.56 Å². The number of pyridine rings is 1. The Balaban J connectivity index is 2.48. The van der Waals surface area contributed by atoms with E-state index in [1.165, 1.54) is 19.1 Å². The van der Waals surface area contributed by atoms with Crippen LogP contribution in [0.3, 0.4) is 0 Å². The number of aromatic nitrogens is 1. The fraction of sp³-hybridized carbons (Fsp3) is 0.393. The number of carbonyl (C=O) groups is 2. The molecule has 0 aliphatic carbocycles. The SMILES string of the molecule is CON(C)C(=O)c1ccc2c(=O)n(CC(C)C)c(CN(C(=O)O)C(C)(C)C)c(-c3ccccc3)c2c1. The highest BCUT2D eigenvalue weighted by Crippen LogP contribution is 2.34. The smallest absolute Gasteiger partial charge is 0.408 e. The first-order valence-corrected chi connectivity index (χ1v) is 11.9. The van der Waals surface area contributed by atoms with E-state index in [1.807, 2.05) is 65.0 Å². The summed E-state index contributed by atoms with van der Waals surface area (Å²) < 4.78 is 1.69. The van der Waals surface area contributed by atoms with Gasteiger partial charge in [-0.3, -0.25) is 19.3 Å². The summed E-state index contributed by atoms with van der Waals surface area (Å²) in [6.07, 6.45) is -1.07. The molecule has 0 atom stereocenters. The van der Waals surface area contributed by atoms with E-state index in [1.54, 1.807) is 22.8 Å². The number of fused-ring (bicyclic) bond motifs is 1. The van der Waals surface area contributed by atoms with Crippen molar-refractivity contribution in [2.45, 2.75) is 53.2 Å². The van der Waals surface area contributed by atoms with Crippen molar-refractivity contribution in [2.24, 2.45) is 5.92 Å². The molecule has 0 radical (unpaired) electrons. The van der Waals surface area contributed by atoms with Crippen LogP contribution in [0.2, 0.25) is 0 Å². The highest BCUT2D eigenvalue weighted by atomic mass is 16.7. The monoisotopic (exact) mass is 493 g/mol. The zero-order chi connectivity index (χ0) is 26.8. The first kappa shape index (κ1) is 26.9. The molecule has 0 fully saturated rings. The van der Waals surface area contributed by atoms with Crippen molar-refractivity contribution in [1.29, 1.82) is 0 Å². The second-order valence-electron chi connectivity index (χ2n) is 10.3. The molecule has 0 saturated heterocycles. The Morgan fingerprint density at radius 1 is 1.06 bits per heavy atom. The molecular formula is C28H35N3O5.